The molecule has 2 heterocycles. The van der Waals surface area contributed by atoms with Crippen LogP contribution >= 0.6 is 23.2 Å². The predicted molar refractivity (Wildman–Crippen MR) is 149 cm³/mol. The third kappa shape index (κ3) is 7.44. The van der Waals surface area contributed by atoms with Crippen LogP contribution < -0.4 is 0 Å². The molecule has 0 radical (unpaired) electrons. The molecule has 4 nitrogen and oxygen atoms in total. The van der Waals surface area contributed by atoms with Crippen molar-refractivity contribution < 1.29 is 0 Å². The minimum Gasteiger partial charge on any atom is -0.298 e. The van der Waals surface area contributed by atoms with Crippen LogP contribution in [0, 0.1) is 0 Å². The van der Waals surface area contributed by atoms with E-state index in [0.717, 1.165) is 49.3 Å². The summed E-state index contributed by atoms with van der Waals surface area (Å²) in [5.41, 5.74) is 2.69. The summed E-state index contributed by atoms with van der Waals surface area (Å²) in [6.45, 7) is 18.5. The van der Waals surface area contributed by atoms with Crippen LogP contribution in [0.2, 0.25) is 10.0 Å². The summed E-state index contributed by atoms with van der Waals surface area (Å²) in [4.78, 5) is 10.6. The Morgan fingerprint density at radius 1 is 0.543 bits per heavy atom. The first-order valence-corrected chi connectivity index (χ1v) is 14.0. The van der Waals surface area contributed by atoms with Crippen molar-refractivity contribution in [2.75, 3.05) is 39.3 Å². The zero-order chi connectivity index (χ0) is 24.9. The molecule has 2 fully saturated rings. The van der Waals surface area contributed by atoms with Gasteiger partial charge in [0.25, 0.3) is 0 Å². The molecule has 6 heteroatoms. The summed E-state index contributed by atoms with van der Waals surface area (Å²) in [7, 11) is 0. The molecule has 2 aromatic rings. The maximum atomic E-state index is 6.06. The van der Waals surface area contributed by atoms with E-state index in [-0.39, 0.29) is 0 Å². The van der Waals surface area contributed by atoms with Gasteiger partial charge in [-0.2, -0.15) is 0 Å². The minimum absolute atomic E-state index is 0.567. The smallest absolute Gasteiger partial charge is 0.0406 e. The summed E-state index contributed by atoms with van der Waals surface area (Å²) < 4.78 is 0. The second kappa shape index (κ2) is 12.4. The second-order valence-electron chi connectivity index (χ2n) is 10.9. The molecule has 192 valence electrons. The Hall–Kier alpha value is -1.14. The molecule has 4 atom stereocenters. The average molecular weight is 518 g/mol. The van der Waals surface area contributed by atoms with Crippen molar-refractivity contribution in [2.24, 2.45) is 0 Å². The van der Waals surface area contributed by atoms with Crippen LogP contribution in [0.1, 0.15) is 45.2 Å². The van der Waals surface area contributed by atoms with E-state index < -0.39 is 0 Å². The molecule has 4 rings (SSSR count). The maximum Gasteiger partial charge on any atom is 0.0406 e. The third-order valence-electron chi connectivity index (χ3n) is 7.98. The molecule has 2 saturated heterocycles. The number of nitrogens with zero attached hydrogens (tertiary/aromatic N) is 4. The van der Waals surface area contributed by atoms with Crippen LogP contribution in [0.5, 0.6) is 0 Å². The first-order chi connectivity index (χ1) is 16.8. The van der Waals surface area contributed by atoms with Gasteiger partial charge >= 0.3 is 0 Å². The van der Waals surface area contributed by atoms with Crippen molar-refractivity contribution in [1.82, 2.24) is 19.6 Å². The summed E-state index contributed by atoms with van der Waals surface area (Å²) in [6, 6.07) is 18.9. The minimum atomic E-state index is 0.567. The van der Waals surface area contributed by atoms with Gasteiger partial charge in [-0.05, 0) is 82.6 Å². The number of hydrogen-bond donors (Lipinski definition) is 0. The molecule has 0 saturated carbocycles. The van der Waals surface area contributed by atoms with Crippen LogP contribution in [0.15, 0.2) is 48.5 Å². The molecular formula is C29H42Cl2N4. The first-order valence-electron chi connectivity index (χ1n) is 13.2. The van der Waals surface area contributed by atoms with Gasteiger partial charge in [-0.15, -0.1) is 0 Å². The van der Waals surface area contributed by atoms with Gasteiger partial charge in [0.2, 0.25) is 0 Å². The SMILES string of the molecule is CC1CN(Cc2ccc(Cl)cc2)C(C)CN1CCCN1CC(C)N(Cc2ccc(Cl)cc2)CC1C. The lowest BCUT2D eigenvalue weighted by atomic mass is 10.0. The van der Waals surface area contributed by atoms with E-state index in [1.165, 1.54) is 30.6 Å². The van der Waals surface area contributed by atoms with E-state index in [2.05, 4.69) is 71.6 Å². The predicted octanol–water partition coefficient (Wildman–Crippen LogP) is 5.87. The molecule has 35 heavy (non-hydrogen) atoms. The van der Waals surface area contributed by atoms with Crippen LogP contribution in [0.25, 0.3) is 0 Å². The summed E-state index contributed by atoms with van der Waals surface area (Å²) >= 11 is 12.1. The third-order valence-corrected chi connectivity index (χ3v) is 8.48. The Balaban J connectivity index is 1.21. The molecule has 4 unspecified atom stereocenters. The van der Waals surface area contributed by atoms with E-state index in [9.17, 15) is 0 Å². The number of halogens is 2. The molecule has 0 bridgehead atoms. The highest BCUT2D eigenvalue weighted by Crippen LogP contribution is 2.22. The topological polar surface area (TPSA) is 13.0 Å². The molecule has 0 aliphatic carbocycles. The highest BCUT2D eigenvalue weighted by atomic mass is 35.5. The van der Waals surface area contributed by atoms with Crippen molar-refractivity contribution in [1.29, 1.82) is 0 Å². The lowest BCUT2D eigenvalue weighted by Gasteiger charge is -2.46. The van der Waals surface area contributed by atoms with E-state index >= 15 is 0 Å². The molecule has 0 spiro atoms. The summed E-state index contributed by atoms with van der Waals surface area (Å²) in [5.74, 6) is 0. The fraction of sp³-hybridized carbons (Fsp3) is 0.586. The molecule has 0 N–H and O–H groups in total. The standard InChI is InChI=1S/C29H42Cl2N4/c1-22-18-34(20-26-6-10-28(30)11-7-26)24(3)16-32(22)14-5-15-33-17-25(4)35(19-23(33)2)21-27-8-12-29(31)13-9-27/h6-13,22-25H,5,14-21H2,1-4H3. The lowest BCUT2D eigenvalue weighted by molar-refractivity contribution is 0.0208. The van der Waals surface area contributed by atoms with E-state index in [4.69, 9.17) is 23.2 Å². The van der Waals surface area contributed by atoms with E-state index in [1.54, 1.807) is 0 Å². The quantitative estimate of drug-likeness (QED) is 0.434. The van der Waals surface area contributed by atoms with Gasteiger partial charge < -0.3 is 0 Å². The summed E-state index contributed by atoms with van der Waals surface area (Å²) in [6.07, 6.45) is 1.24. The number of rotatable bonds is 8. The van der Waals surface area contributed by atoms with Gasteiger partial charge in [0.1, 0.15) is 0 Å². The molecule has 2 aromatic carbocycles. The Morgan fingerprint density at radius 2 is 0.857 bits per heavy atom. The fourth-order valence-corrected chi connectivity index (χ4v) is 5.98. The van der Waals surface area contributed by atoms with Gasteiger partial charge in [-0.25, -0.2) is 0 Å². The van der Waals surface area contributed by atoms with Crippen LogP contribution in [0.3, 0.4) is 0 Å². The van der Waals surface area contributed by atoms with E-state index in [1.807, 2.05) is 24.3 Å². The Kier molecular flexibility index (Phi) is 9.54. The molecule has 2 aliphatic heterocycles. The van der Waals surface area contributed by atoms with Crippen molar-refractivity contribution in [3.63, 3.8) is 0 Å². The molecule has 0 aromatic heterocycles. The zero-order valence-electron chi connectivity index (χ0n) is 21.8. The normalized spacial score (nSPS) is 27.4. The van der Waals surface area contributed by atoms with Gasteiger partial charge in [-0.3, -0.25) is 19.6 Å². The van der Waals surface area contributed by atoms with E-state index in [0.29, 0.717) is 24.2 Å². The van der Waals surface area contributed by atoms with Crippen LogP contribution in [-0.4, -0.2) is 83.0 Å². The maximum absolute atomic E-state index is 6.06. The number of benzene rings is 2. The highest BCUT2D eigenvalue weighted by molar-refractivity contribution is 6.30. The van der Waals surface area contributed by atoms with Crippen molar-refractivity contribution in [3.8, 4) is 0 Å². The average Bonchev–Trinajstić information content (AvgIpc) is 2.82. The first kappa shape index (κ1) is 26.9. The largest absolute Gasteiger partial charge is 0.298 e. The van der Waals surface area contributed by atoms with Gasteiger partial charge in [0.15, 0.2) is 0 Å². The Labute approximate surface area is 222 Å². The Bertz CT molecular complexity index is 844. The van der Waals surface area contributed by atoms with Crippen molar-refractivity contribution in [3.05, 3.63) is 69.7 Å². The van der Waals surface area contributed by atoms with Crippen LogP contribution in [-0.2, 0) is 13.1 Å². The zero-order valence-corrected chi connectivity index (χ0v) is 23.3. The van der Waals surface area contributed by atoms with Gasteiger partial charge in [0.05, 0.1) is 0 Å². The summed E-state index contributed by atoms with van der Waals surface area (Å²) in [5, 5.41) is 1.62. The molecular weight excluding hydrogens is 475 g/mol. The molecule has 2 aliphatic rings. The fourth-order valence-electron chi connectivity index (χ4n) is 5.73. The van der Waals surface area contributed by atoms with Crippen molar-refractivity contribution in [2.45, 2.75) is 71.4 Å². The lowest BCUT2D eigenvalue weighted by Crippen LogP contribution is -2.57. The molecule has 0 amide bonds. The number of piperazine rings is 2. The van der Waals surface area contributed by atoms with Gasteiger partial charge in [-0.1, -0.05) is 47.5 Å². The highest BCUT2D eigenvalue weighted by Gasteiger charge is 2.31. The monoisotopic (exact) mass is 516 g/mol. The van der Waals surface area contributed by atoms with Gasteiger partial charge in [0, 0.05) is 73.5 Å². The van der Waals surface area contributed by atoms with Crippen molar-refractivity contribution >= 4 is 23.2 Å². The second-order valence-corrected chi connectivity index (χ2v) is 11.7. The number of hydrogen-bond acceptors (Lipinski definition) is 4. The van der Waals surface area contributed by atoms with Crippen LogP contribution in [0.4, 0.5) is 0 Å². The Morgan fingerprint density at radius 3 is 1.23 bits per heavy atom.